The topological polar surface area (TPSA) is 55.1 Å². The molecule has 3 N–H and O–H groups in total. The Morgan fingerprint density at radius 3 is 2.42 bits per heavy atom. The van der Waals surface area contributed by atoms with Crippen molar-refractivity contribution in [3.63, 3.8) is 0 Å². The molecule has 2 aromatic rings. The number of rotatable bonds is 2. The Morgan fingerprint density at radius 1 is 1.00 bits per heavy atom. The van der Waals surface area contributed by atoms with E-state index in [9.17, 15) is 4.79 Å². The fraction of sp³-hybridized carbons (Fsp3) is 0.188. The maximum atomic E-state index is 12.2. The third-order valence-electron chi connectivity index (χ3n) is 3.17. The summed E-state index contributed by atoms with van der Waals surface area (Å²) in [6.45, 7) is 5.87. The number of aryl methyl sites for hydroxylation is 3. The summed E-state index contributed by atoms with van der Waals surface area (Å²) in [6, 6.07) is 11.3. The van der Waals surface area contributed by atoms with Crippen molar-refractivity contribution in [2.75, 3.05) is 11.1 Å². The number of hydrogen-bond donors (Lipinski definition) is 2. The van der Waals surface area contributed by atoms with Gasteiger partial charge in [0.05, 0.1) is 0 Å². The molecule has 0 radical (unpaired) electrons. The summed E-state index contributed by atoms with van der Waals surface area (Å²) in [5, 5.41) is 2.93. The highest BCUT2D eigenvalue weighted by Gasteiger charge is 2.08. The standard InChI is InChI=1S/C16H18N2O/c1-10-4-5-11(2)15(8-10)18-16(19)13-6-7-14(17)12(3)9-13/h4-9H,17H2,1-3H3,(H,18,19). The highest BCUT2D eigenvalue weighted by Crippen LogP contribution is 2.18. The predicted octanol–water partition coefficient (Wildman–Crippen LogP) is 3.45. The first-order chi connectivity index (χ1) is 8.97. The second-order valence-corrected chi connectivity index (χ2v) is 4.84. The van der Waals surface area contributed by atoms with Gasteiger partial charge in [-0.25, -0.2) is 0 Å². The molecule has 2 rings (SSSR count). The molecule has 0 spiro atoms. The molecule has 0 aliphatic carbocycles. The molecule has 3 heteroatoms. The highest BCUT2D eigenvalue weighted by molar-refractivity contribution is 6.05. The number of nitrogens with two attached hydrogens (primary N) is 1. The molecule has 0 saturated heterocycles. The molecular weight excluding hydrogens is 236 g/mol. The lowest BCUT2D eigenvalue weighted by Gasteiger charge is -2.10. The third-order valence-corrected chi connectivity index (χ3v) is 3.17. The van der Waals surface area contributed by atoms with E-state index in [1.807, 2.05) is 39.0 Å². The summed E-state index contributed by atoms with van der Waals surface area (Å²) in [5.74, 6) is -0.114. The van der Waals surface area contributed by atoms with Gasteiger partial charge in [-0.2, -0.15) is 0 Å². The van der Waals surface area contributed by atoms with Crippen LogP contribution in [-0.2, 0) is 0 Å². The predicted molar refractivity (Wildman–Crippen MR) is 79.5 cm³/mol. The Labute approximate surface area is 113 Å². The van der Waals surface area contributed by atoms with Gasteiger partial charge in [-0.1, -0.05) is 12.1 Å². The first kappa shape index (κ1) is 13.1. The van der Waals surface area contributed by atoms with E-state index in [-0.39, 0.29) is 5.91 Å². The van der Waals surface area contributed by atoms with Crippen molar-refractivity contribution in [3.05, 3.63) is 58.7 Å². The van der Waals surface area contributed by atoms with Crippen molar-refractivity contribution in [2.24, 2.45) is 0 Å². The molecular formula is C16H18N2O. The van der Waals surface area contributed by atoms with E-state index in [4.69, 9.17) is 5.73 Å². The van der Waals surface area contributed by atoms with Crippen LogP contribution in [0.25, 0.3) is 0 Å². The molecule has 1 amide bonds. The lowest BCUT2D eigenvalue weighted by atomic mass is 10.1. The third kappa shape index (κ3) is 2.94. The number of carbonyl (C=O) groups is 1. The number of nitrogen functional groups attached to an aromatic ring is 1. The summed E-state index contributed by atoms with van der Waals surface area (Å²) >= 11 is 0. The average molecular weight is 254 g/mol. The van der Waals surface area contributed by atoms with Crippen LogP contribution in [0.2, 0.25) is 0 Å². The Morgan fingerprint density at radius 2 is 1.74 bits per heavy atom. The van der Waals surface area contributed by atoms with E-state index in [1.165, 1.54) is 0 Å². The SMILES string of the molecule is Cc1ccc(C)c(NC(=O)c2ccc(N)c(C)c2)c1. The van der Waals surface area contributed by atoms with Gasteiger partial charge in [0.25, 0.3) is 5.91 Å². The molecule has 0 heterocycles. The maximum absolute atomic E-state index is 12.2. The van der Waals surface area contributed by atoms with Crippen LogP contribution < -0.4 is 11.1 Å². The molecule has 3 nitrogen and oxygen atoms in total. The molecule has 19 heavy (non-hydrogen) atoms. The van der Waals surface area contributed by atoms with Crippen molar-refractivity contribution in [1.82, 2.24) is 0 Å². The normalized spacial score (nSPS) is 10.3. The fourth-order valence-corrected chi connectivity index (χ4v) is 1.88. The second-order valence-electron chi connectivity index (χ2n) is 4.84. The summed E-state index contributed by atoms with van der Waals surface area (Å²) in [5.41, 5.74) is 11.0. The minimum absolute atomic E-state index is 0.114. The van der Waals surface area contributed by atoms with Crippen LogP contribution >= 0.6 is 0 Å². The minimum Gasteiger partial charge on any atom is -0.399 e. The lowest BCUT2D eigenvalue weighted by Crippen LogP contribution is -2.13. The quantitative estimate of drug-likeness (QED) is 0.806. The van der Waals surface area contributed by atoms with Gasteiger partial charge in [0.1, 0.15) is 0 Å². The van der Waals surface area contributed by atoms with Crippen LogP contribution in [0.3, 0.4) is 0 Å². The maximum Gasteiger partial charge on any atom is 0.255 e. The molecule has 0 atom stereocenters. The Hall–Kier alpha value is -2.29. The first-order valence-electron chi connectivity index (χ1n) is 6.22. The van der Waals surface area contributed by atoms with Crippen LogP contribution in [0.15, 0.2) is 36.4 Å². The Balaban J connectivity index is 2.25. The Kier molecular flexibility index (Phi) is 3.56. The summed E-state index contributed by atoms with van der Waals surface area (Å²) in [4.78, 5) is 12.2. The van der Waals surface area contributed by atoms with Crippen molar-refractivity contribution in [1.29, 1.82) is 0 Å². The van der Waals surface area contributed by atoms with Crippen molar-refractivity contribution < 1.29 is 4.79 Å². The van der Waals surface area contributed by atoms with Crippen LogP contribution in [0.1, 0.15) is 27.0 Å². The molecule has 2 aromatic carbocycles. The van der Waals surface area contributed by atoms with Crippen LogP contribution in [0, 0.1) is 20.8 Å². The van der Waals surface area contributed by atoms with Gasteiger partial charge in [0.2, 0.25) is 0 Å². The summed E-state index contributed by atoms with van der Waals surface area (Å²) in [7, 11) is 0. The van der Waals surface area contributed by atoms with Crippen molar-refractivity contribution in [2.45, 2.75) is 20.8 Å². The molecule has 0 aliphatic heterocycles. The Bertz CT molecular complexity index is 633. The largest absolute Gasteiger partial charge is 0.399 e. The molecule has 0 bridgehead atoms. The van der Waals surface area contributed by atoms with E-state index in [2.05, 4.69) is 5.32 Å². The van der Waals surface area contributed by atoms with Gasteiger partial charge in [-0.3, -0.25) is 4.79 Å². The minimum atomic E-state index is -0.114. The highest BCUT2D eigenvalue weighted by atomic mass is 16.1. The fourth-order valence-electron chi connectivity index (χ4n) is 1.88. The smallest absolute Gasteiger partial charge is 0.255 e. The van der Waals surface area contributed by atoms with Gasteiger partial charge in [0.15, 0.2) is 0 Å². The number of anilines is 2. The van der Waals surface area contributed by atoms with Crippen molar-refractivity contribution >= 4 is 17.3 Å². The average Bonchev–Trinajstić information content (AvgIpc) is 2.37. The molecule has 0 saturated carbocycles. The lowest BCUT2D eigenvalue weighted by molar-refractivity contribution is 0.102. The zero-order chi connectivity index (χ0) is 14.0. The van der Waals surface area contributed by atoms with Crippen LogP contribution in [0.4, 0.5) is 11.4 Å². The monoisotopic (exact) mass is 254 g/mol. The zero-order valence-corrected chi connectivity index (χ0v) is 11.4. The molecule has 0 unspecified atom stereocenters. The van der Waals surface area contributed by atoms with Gasteiger partial charge in [-0.05, 0) is 61.7 Å². The number of amides is 1. The van der Waals surface area contributed by atoms with Gasteiger partial charge in [-0.15, -0.1) is 0 Å². The van der Waals surface area contributed by atoms with Crippen molar-refractivity contribution in [3.8, 4) is 0 Å². The molecule has 0 fully saturated rings. The number of carbonyl (C=O) groups excluding carboxylic acids is 1. The number of benzene rings is 2. The van der Waals surface area contributed by atoms with Gasteiger partial charge >= 0.3 is 0 Å². The molecule has 98 valence electrons. The van der Waals surface area contributed by atoms with E-state index in [0.29, 0.717) is 11.3 Å². The van der Waals surface area contributed by atoms with E-state index in [0.717, 1.165) is 22.4 Å². The van der Waals surface area contributed by atoms with E-state index >= 15 is 0 Å². The molecule has 0 aliphatic rings. The number of nitrogens with one attached hydrogen (secondary N) is 1. The van der Waals surface area contributed by atoms with Gasteiger partial charge < -0.3 is 11.1 Å². The van der Waals surface area contributed by atoms with E-state index in [1.54, 1.807) is 18.2 Å². The second kappa shape index (κ2) is 5.14. The molecule has 0 aromatic heterocycles. The summed E-state index contributed by atoms with van der Waals surface area (Å²) in [6.07, 6.45) is 0. The van der Waals surface area contributed by atoms with Crippen LogP contribution in [0.5, 0.6) is 0 Å². The first-order valence-corrected chi connectivity index (χ1v) is 6.22. The zero-order valence-electron chi connectivity index (χ0n) is 11.4. The summed E-state index contributed by atoms with van der Waals surface area (Å²) < 4.78 is 0. The van der Waals surface area contributed by atoms with E-state index < -0.39 is 0 Å². The van der Waals surface area contributed by atoms with Crippen LogP contribution in [-0.4, -0.2) is 5.91 Å². The number of hydrogen-bond acceptors (Lipinski definition) is 2. The van der Waals surface area contributed by atoms with Gasteiger partial charge in [0, 0.05) is 16.9 Å².